The van der Waals surface area contributed by atoms with Crippen LogP contribution in [0.25, 0.3) is 11.2 Å². The van der Waals surface area contributed by atoms with Crippen molar-refractivity contribution >= 4 is 17.1 Å². The van der Waals surface area contributed by atoms with Gasteiger partial charge in [-0.15, -0.1) is 0 Å². The molecule has 2 aromatic rings. The van der Waals surface area contributed by atoms with Gasteiger partial charge in [0, 0.05) is 30.7 Å². The van der Waals surface area contributed by atoms with Gasteiger partial charge in [0.25, 0.3) is 0 Å². The number of aromatic nitrogens is 3. The zero-order chi connectivity index (χ0) is 17.5. The molecule has 0 radical (unpaired) electrons. The Morgan fingerprint density at radius 1 is 1.32 bits per heavy atom. The predicted octanol–water partition coefficient (Wildman–Crippen LogP) is -0.307. The van der Waals surface area contributed by atoms with Crippen LogP contribution in [-0.4, -0.2) is 52.7 Å². The van der Waals surface area contributed by atoms with Gasteiger partial charge in [-0.05, 0) is 24.9 Å². The molecule has 132 valence electrons. The molecular formula is C17H22N6O2. The molecule has 0 bridgehead atoms. The number of nitrogens with one attached hydrogen (secondary N) is 2. The van der Waals surface area contributed by atoms with Gasteiger partial charge >= 0.3 is 0 Å². The van der Waals surface area contributed by atoms with Crippen molar-refractivity contribution in [3.63, 3.8) is 0 Å². The highest BCUT2D eigenvalue weighted by Gasteiger charge is 2.47. The van der Waals surface area contributed by atoms with Crippen molar-refractivity contribution in [3.05, 3.63) is 30.2 Å². The largest absolute Gasteiger partial charge is 0.376 e. The monoisotopic (exact) mass is 342 g/mol. The summed E-state index contributed by atoms with van der Waals surface area (Å²) in [6.07, 6.45) is 5.77. The lowest BCUT2D eigenvalue weighted by atomic mass is 9.78. The van der Waals surface area contributed by atoms with Gasteiger partial charge in [-0.25, -0.2) is 9.97 Å². The molecule has 0 aliphatic carbocycles. The number of amides is 1. The third-order valence-electron chi connectivity index (χ3n) is 5.03. The van der Waals surface area contributed by atoms with E-state index in [1.54, 1.807) is 18.6 Å². The molecule has 2 atom stereocenters. The van der Waals surface area contributed by atoms with E-state index in [4.69, 9.17) is 10.5 Å². The van der Waals surface area contributed by atoms with Crippen LogP contribution in [0.2, 0.25) is 0 Å². The molecule has 0 spiro atoms. The molecule has 4 rings (SSSR count). The number of pyridine rings is 1. The number of fused-ring (bicyclic) bond motifs is 1. The average molecular weight is 342 g/mol. The highest BCUT2D eigenvalue weighted by molar-refractivity contribution is 5.89. The molecule has 8 nitrogen and oxygen atoms in total. The van der Waals surface area contributed by atoms with Gasteiger partial charge in [0.05, 0.1) is 18.8 Å². The summed E-state index contributed by atoms with van der Waals surface area (Å²) < 4.78 is 5.14. The molecule has 8 heteroatoms. The number of nitrogens with two attached hydrogens (primary N) is 1. The molecule has 4 heterocycles. The van der Waals surface area contributed by atoms with Crippen molar-refractivity contribution in [1.29, 1.82) is 0 Å². The molecule has 2 saturated heterocycles. The third-order valence-corrected chi connectivity index (χ3v) is 5.03. The fourth-order valence-corrected chi connectivity index (χ4v) is 3.70. The molecule has 1 amide bonds. The highest BCUT2D eigenvalue weighted by atomic mass is 16.5. The summed E-state index contributed by atoms with van der Waals surface area (Å²) in [6.45, 7) is 4.16. The van der Waals surface area contributed by atoms with Crippen molar-refractivity contribution in [2.75, 3.05) is 26.3 Å². The Morgan fingerprint density at radius 2 is 2.08 bits per heavy atom. The van der Waals surface area contributed by atoms with Crippen LogP contribution < -0.4 is 16.4 Å². The minimum absolute atomic E-state index is 0.191. The summed E-state index contributed by atoms with van der Waals surface area (Å²) in [5, 5.41) is 6.64. The van der Waals surface area contributed by atoms with E-state index >= 15 is 0 Å². The second kappa shape index (κ2) is 5.98. The van der Waals surface area contributed by atoms with Crippen LogP contribution in [0.5, 0.6) is 0 Å². The minimum atomic E-state index is -0.956. The second-order valence-corrected chi connectivity index (χ2v) is 7.21. The van der Waals surface area contributed by atoms with Gasteiger partial charge in [-0.2, -0.15) is 0 Å². The van der Waals surface area contributed by atoms with Crippen LogP contribution in [0.3, 0.4) is 0 Å². The van der Waals surface area contributed by atoms with E-state index in [9.17, 15) is 4.79 Å². The fourth-order valence-electron chi connectivity index (χ4n) is 3.70. The zero-order valence-corrected chi connectivity index (χ0v) is 14.2. The maximum atomic E-state index is 12.8. The lowest BCUT2D eigenvalue weighted by Gasteiger charge is -2.45. The van der Waals surface area contributed by atoms with Crippen LogP contribution >= 0.6 is 0 Å². The topological polar surface area (TPSA) is 115 Å². The van der Waals surface area contributed by atoms with Crippen molar-refractivity contribution < 1.29 is 9.53 Å². The van der Waals surface area contributed by atoms with Crippen molar-refractivity contribution in [1.82, 2.24) is 25.6 Å². The SMILES string of the molecule is C[C@@H]1CNC[C@](NC(=O)C2(N)COC2)(c2ccnc3nccnc23)C1. The number of carbonyl (C=O) groups excluding carboxylic acids is 1. The number of hydrogen-bond acceptors (Lipinski definition) is 7. The Morgan fingerprint density at radius 3 is 2.80 bits per heavy atom. The second-order valence-electron chi connectivity index (χ2n) is 7.21. The van der Waals surface area contributed by atoms with Gasteiger partial charge < -0.3 is 21.1 Å². The molecule has 25 heavy (non-hydrogen) atoms. The summed E-state index contributed by atoms with van der Waals surface area (Å²) in [7, 11) is 0. The lowest BCUT2D eigenvalue weighted by molar-refractivity contribution is -0.146. The molecule has 2 aromatic heterocycles. The van der Waals surface area contributed by atoms with Gasteiger partial charge in [0.15, 0.2) is 5.65 Å². The van der Waals surface area contributed by atoms with Crippen LogP contribution in [0.4, 0.5) is 0 Å². The quantitative estimate of drug-likeness (QED) is 0.701. The van der Waals surface area contributed by atoms with Gasteiger partial charge in [-0.3, -0.25) is 9.78 Å². The first-order valence-corrected chi connectivity index (χ1v) is 8.49. The number of hydrogen-bond donors (Lipinski definition) is 3. The molecular weight excluding hydrogens is 320 g/mol. The maximum absolute atomic E-state index is 12.8. The number of nitrogens with zero attached hydrogens (tertiary/aromatic N) is 3. The van der Waals surface area contributed by atoms with Crippen LogP contribution in [-0.2, 0) is 15.1 Å². The Labute approximate surface area is 145 Å². The summed E-state index contributed by atoms with van der Waals surface area (Å²) in [5.41, 5.74) is 6.79. The standard InChI is InChI=1S/C17H22N6O2/c1-11-6-17(8-19-7-11,23-15(24)16(18)9-25-10-16)12-2-3-21-14-13(12)20-4-5-22-14/h2-5,11,19H,6-10,18H2,1H3,(H,23,24)/t11-,17-/m0/s1. The molecule has 0 aromatic carbocycles. The molecule has 2 fully saturated rings. The normalized spacial score (nSPS) is 28.3. The first kappa shape index (κ1) is 16.3. The first-order valence-electron chi connectivity index (χ1n) is 8.49. The van der Waals surface area contributed by atoms with Crippen molar-refractivity contribution in [3.8, 4) is 0 Å². The van der Waals surface area contributed by atoms with Crippen LogP contribution in [0, 0.1) is 5.92 Å². The van der Waals surface area contributed by atoms with E-state index in [2.05, 4.69) is 32.5 Å². The lowest BCUT2D eigenvalue weighted by Crippen LogP contribution is -2.70. The van der Waals surface area contributed by atoms with Gasteiger partial charge in [-0.1, -0.05) is 6.92 Å². The number of carbonyl (C=O) groups is 1. The smallest absolute Gasteiger partial charge is 0.245 e. The van der Waals surface area contributed by atoms with E-state index in [-0.39, 0.29) is 19.1 Å². The summed E-state index contributed by atoms with van der Waals surface area (Å²) >= 11 is 0. The highest BCUT2D eigenvalue weighted by Crippen LogP contribution is 2.34. The van der Waals surface area contributed by atoms with E-state index in [0.717, 1.165) is 18.5 Å². The Balaban J connectivity index is 1.79. The summed E-state index contributed by atoms with van der Waals surface area (Å²) in [4.78, 5) is 25.9. The summed E-state index contributed by atoms with van der Waals surface area (Å²) in [5.74, 6) is 0.198. The third kappa shape index (κ3) is 2.76. The predicted molar refractivity (Wildman–Crippen MR) is 91.5 cm³/mol. The van der Waals surface area contributed by atoms with Crippen LogP contribution in [0.15, 0.2) is 24.7 Å². The molecule has 4 N–H and O–H groups in total. The molecule has 0 saturated carbocycles. The number of rotatable bonds is 3. The Bertz CT molecular complexity index is 803. The Hall–Kier alpha value is -2.16. The molecule has 2 aliphatic rings. The van der Waals surface area contributed by atoms with Gasteiger partial charge in [0.2, 0.25) is 5.91 Å². The summed E-state index contributed by atoms with van der Waals surface area (Å²) in [6, 6.07) is 1.91. The number of piperidine rings is 1. The van der Waals surface area contributed by atoms with Crippen molar-refractivity contribution in [2.24, 2.45) is 11.7 Å². The van der Waals surface area contributed by atoms with Gasteiger partial charge in [0.1, 0.15) is 11.1 Å². The van der Waals surface area contributed by atoms with E-state index < -0.39 is 11.1 Å². The molecule has 2 aliphatic heterocycles. The fraction of sp³-hybridized carbons (Fsp3) is 0.529. The Kier molecular flexibility index (Phi) is 3.90. The van der Waals surface area contributed by atoms with E-state index in [0.29, 0.717) is 23.6 Å². The van der Waals surface area contributed by atoms with Crippen molar-refractivity contribution in [2.45, 2.75) is 24.4 Å². The van der Waals surface area contributed by atoms with E-state index in [1.807, 2.05) is 6.07 Å². The first-order chi connectivity index (χ1) is 12.0. The number of ether oxygens (including phenoxy) is 1. The maximum Gasteiger partial charge on any atom is 0.245 e. The van der Waals surface area contributed by atoms with E-state index in [1.165, 1.54) is 0 Å². The zero-order valence-electron chi connectivity index (χ0n) is 14.2. The molecule has 0 unspecified atom stereocenters. The minimum Gasteiger partial charge on any atom is -0.376 e. The van der Waals surface area contributed by atoms with Crippen LogP contribution in [0.1, 0.15) is 18.9 Å². The average Bonchev–Trinajstić information content (AvgIpc) is 2.59.